The molecule has 278 valence electrons. The van der Waals surface area contributed by atoms with Gasteiger partial charge >= 0.3 is 19.8 Å². The van der Waals surface area contributed by atoms with Crippen LogP contribution in [0, 0.1) is 0 Å². The van der Waals surface area contributed by atoms with Crippen LogP contribution in [-0.4, -0.2) is 65.7 Å². The molecule has 0 spiro atoms. The summed E-state index contributed by atoms with van der Waals surface area (Å²) < 4.78 is 32.5. The average Bonchev–Trinajstić information content (AvgIpc) is 3.05. The summed E-state index contributed by atoms with van der Waals surface area (Å²) in [6.07, 6.45) is 27.5. The minimum Gasteiger partial charge on any atom is -0.462 e. The molecule has 3 unspecified atom stereocenters. The fourth-order valence-electron chi connectivity index (χ4n) is 4.99. The van der Waals surface area contributed by atoms with E-state index in [1.165, 1.54) is 70.6 Å². The first-order valence-electron chi connectivity index (χ1n) is 18.6. The number of hydrogen-bond donors (Lipinski definition) is 3. The summed E-state index contributed by atoms with van der Waals surface area (Å²) in [5, 5.41) is 18.2. The highest BCUT2D eigenvalue weighted by atomic mass is 31.2. The zero-order valence-corrected chi connectivity index (χ0v) is 30.6. The van der Waals surface area contributed by atoms with Crippen LogP contribution in [0.1, 0.15) is 168 Å². The number of aliphatic hydroxyl groups excluding tert-OH is 2. The predicted molar refractivity (Wildman–Crippen MR) is 187 cm³/mol. The highest BCUT2D eigenvalue weighted by molar-refractivity contribution is 7.47. The van der Waals surface area contributed by atoms with Crippen molar-refractivity contribution in [2.75, 3.05) is 26.4 Å². The van der Waals surface area contributed by atoms with E-state index in [9.17, 15) is 24.2 Å². The summed E-state index contributed by atoms with van der Waals surface area (Å²) in [6.45, 7) is 2.33. The Bertz CT molecular complexity index is 807. The molecule has 0 aromatic rings. The van der Waals surface area contributed by atoms with Crippen LogP contribution in [0.15, 0.2) is 12.2 Å². The molecule has 0 amide bonds. The third-order valence-corrected chi connectivity index (χ3v) is 8.87. The quantitative estimate of drug-likeness (QED) is 0.0254. The van der Waals surface area contributed by atoms with E-state index in [2.05, 4.69) is 30.5 Å². The number of carbonyl (C=O) groups is 2. The van der Waals surface area contributed by atoms with Crippen LogP contribution in [0.3, 0.4) is 0 Å². The molecular weight excluding hydrogens is 623 g/mol. The van der Waals surface area contributed by atoms with Crippen molar-refractivity contribution in [1.82, 2.24) is 0 Å². The lowest BCUT2D eigenvalue weighted by Crippen LogP contribution is -2.29. The van der Waals surface area contributed by atoms with Gasteiger partial charge in [-0.2, -0.15) is 0 Å². The summed E-state index contributed by atoms with van der Waals surface area (Å²) in [4.78, 5) is 34.7. The summed E-state index contributed by atoms with van der Waals surface area (Å²) >= 11 is 0. The molecule has 0 aliphatic heterocycles. The van der Waals surface area contributed by atoms with E-state index < -0.39 is 51.8 Å². The zero-order valence-electron chi connectivity index (χ0n) is 29.8. The van der Waals surface area contributed by atoms with Crippen LogP contribution in [-0.2, 0) is 32.7 Å². The van der Waals surface area contributed by atoms with Gasteiger partial charge in [0.15, 0.2) is 6.10 Å². The number of aliphatic hydroxyl groups is 2. The van der Waals surface area contributed by atoms with E-state index in [1.54, 1.807) is 0 Å². The molecule has 0 saturated carbocycles. The Morgan fingerprint density at radius 2 is 1.04 bits per heavy atom. The minimum absolute atomic E-state index is 0.187. The van der Waals surface area contributed by atoms with E-state index in [0.717, 1.165) is 57.8 Å². The molecule has 0 fully saturated rings. The number of phosphoric ester groups is 1. The van der Waals surface area contributed by atoms with Gasteiger partial charge < -0.3 is 24.6 Å². The maximum atomic E-state index is 12.5. The van der Waals surface area contributed by atoms with Gasteiger partial charge in [0.25, 0.3) is 0 Å². The molecule has 47 heavy (non-hydrogen) atoms. The lowest BCUT2D eigenvalue weighted by Gasteiger charge is -2.20. The molecule has 3 atom stereocenters. The van der Waals surface area contributed by atoms with E-state index in [4.69, 9.17) is 19.1 Å². The lowest BCUT2D eigenvalue weighted by atomic mass is 10.1. The van der Waals surface area contributed by atoms with E-state index in [0.29, 0.717) is 12.8 Å². The molecule has 11 heteroatoms. The maximum absolute atomic E-state index is 12.5. The molecule has 10 nitrogen and oxygen atoms in total. The number of esters is 2. The third-order valence-electron chi connectivity index (χ3n) is 7.92. The number of rotatable bonds is 35. The Hall–Kier alpha value is -1.29. The fraction of sp³-hybridized carbons (Fsp3) is 0.889. The van der Waals surface area contributed by atoms with Crippen LogP contribution in [0.5, 0.6) is 0 Å². The lowest BCUT2D eigenvalue weighted by molar-refractivity contribution is -0.161. The number of unbranched alkanes of at least 4 members (excludes halogenated alkanes) is 19. The largest absolute Gasteiger partial charge is 0.472 e. The highest BCUT2D eigenvalue weighted by Crippen LogP contribution is 2.43. The molecule has 0 heterocycles. The Balaban J connectivity index is 4.38. The molecule has 0 aromatic heterocycles. The highest BCUT2D eigenvalue weighted by Gasteiger charge is 2.27. The second-order valence-corrected chi connectivity index (χ2v) is 14.1. The number of allylic oxidation sites excluding steroid dienone is 2. The monoisotopic (exact) mass is 692 g/mol. The Kier molecular flexibility index (Phi) is 32.3. The van der Waals surface area contributed by atoms with Gasteiger partial charge in [-0.15, -0.1) is 0 Å². The average molecular weight is 693 g/mol. The Morgan fingerprint density at radius 3 is 1.55 bits per heavy atom. The second kappa shape index (κ2) is 33.2. The van der Waals surface area contributed by atoms with Gasteiger partial charge in [-0.25, -0.2) is 4.57 Å². The number of ether oxygens (including phenoxy) is 2. The first-order valence-corrected chi connectivity index (χ1v) is 20.1. The van der Waals surface area contributed by atoms with Crippen LogP contribution in [0.4, 0.5) is 0 Å². The van der Waals surface area contributed by atoms with Crippen molar-refractivity contribution in [2.24, 2.45) is 0 Å². The van der Waals surface area contributed by atoms with Gasteiger partial charge in [-0.1, -0.05) is 129 Å². The van der Waals surface area contributed by atoms with Crippen LogP contribution < -0.4 is 0 Å². The van der Waals surface area contributed by atoms with Crippen LogP contribution in [0.25, 0.3) is 0 Å². The standard InChI is InChI=1S/C36H69O10P/c1-3-5-7-9-11-13-15-16-18-19-21-23-25-27-35(39)43-31-34(32-45-47(41,42)44-30-33(38)29-37)46-36(40)28-26-24-22-20-17-14-12-10-8-6-4-2/h13,15,33-34,37-38H,3-12,14,16-32H2,1-2H3,(H,41,42). The normalized spacial score (nSPS) is 14.2. The number of hydrogen-bond acceptors (Lipinski definition) is 9. The van der Waals surface area contributed by atoms with Crippen molar-refractivity contribution >= 4 is 19.8 Å². The smallest absolute Gasteiger partial charge is 0.462 e. The number of carbonyl (C=O) groups excluding carboxylic acids is 2. The third kappa shape index (κ3) is 33.0. The molecule has 0 aliphatic carbocycles. The molecule has 3 N–H and O–H groups in total. The zero-order chi connectivity index (χ0) is 34.9. The van der Waals surface area contributed by atoms with Gasteiger partial charge in [0.2, 0.25) is 0 Å². The predicted octanol–water partition coefficient (Wildman–Crippen LogP) is 8.89. The van der Waals surface area contributed by atoms with Crippen molar-refractivity contribution in [1.29, 1.82) is 0 Å². The first kappa shape index (κ1) is 45.7. The van der Waals surface area contributed by atoms with Crippen molar-refractivity contribution in [3.63, 3.8) is 0 Å². The molecule has 0 aliphatic rings. The molecule has 0 rings (SSSR count). The second-order valence-electron chi connectivity index (χ2n) is 12.6. The maximum Gasteiger partial charge on any atom is 0.472 e. The first-order chi connectivity index (χ1) is 22.7. The van der Waals surface area contributed by atoms with Crippen molar-refractivity contribution in [3.8, 4) is 0 Å². The number of phosphoric acid groups is 1. The Labute approximate surface area is 286 Å². The summed E-state index contributed by atoms with van der Waals surface area (Å²) in [5.41, 5.74) is 0. The molecule has 0 bridgehead atoms. The molecule has 0 radical (unpaired) electrons. The summed E-state index contributed by atoms with van der Waals surface area (Å²) in [7, 11) is -4.60. The topological polar surface area (TPSA) is 149 Å². The van der Waals surface area contributed by atoms with E-state index in [-0.39, 0.29) is 19.4 Å². The van der Waals surface area contributed by atoms with E-state index in [1.807, 2.05) is 0 Å². The van der Waals surface area contributed by atoms with Gasteiger partial charge in [0.1, 0.15) is 12.7 Å². The van der Waals surface area contributed by atoms with Crippen LogP contribution in [0.2, 0.25) is 0 Å². The molecular formula is C36H69O10P. The van der Waals surface area contributed by atoms with Crippen molar-refractivity contribution in [3.05, 3.63) is 12.2 Å². The SMILES string of the molecule is CCCCCCC=CCCCCCCCC(=O)OCC(COP(=O)(O)OCC(O)CO)OC(=O)CCCCCCCCCCCCC. The Morgan fingerprint density at radius 1 is 0.617 bits per heavy atom. The summed E-state index contributed by atoms with van der Waals surface area (Å²) in [5.74, 6) is -0.932. The molecule has 0 aromatic carbocycles. The van der Waals surface area contributed by atoms with Crippen molar-refractivity contribution < 1.29 is 47.8 Å². The van der Waals surface area contributed by atoms with Gasteiger partial charge in [-0.3, -0.25) is 18.6 Å². The van der Waals surface area contributed by atoms with Crippen LogP contribution >= 0.6 is 7.82 Å². The summed E-state index contributed by atoms with van der Waals surface area (Å²) in [6, 6.07) is 0. The van der Waals surface area contributed by atoms with Crippen molar-refractivity contribution in [2.45, 2.75) is 180 Å². The fourth-order valence-corrected chi connectivity index (χ4v) is 5.78. The van der Waals surface area contributed by atoms with Gasteiger partial charge in [-0.05, 0) is 38.5 Å². The van der Waals surface area contributed by atoms with Gasteiger partial charge in [0.05, 0.1) is 19.8 Å². The van der Waals surface area contributed by atoms with Gasteiger partial charge in [0, 0.05) is 12.8 Å². The van der Waals surface area contributed by atoms with E-state index >= 15 is 0 Å². The minimum atomic E-state index is -4.60. The molecule has 0 saturated heterocycles.